The Bertz CT molecular complexity index is 349. The predicted molar refractivity (Wildman–Crippen MR) is 68.5 cm³/mol. The minimum atomic E-state index is -0.00583. The highest BCUT2D eigenvalue weighted by Crippen LogP contribution is 2.36. The van der Waals surface area contributed by atoms with Crippen LogP contribution in [0.2, 0.25) is 8.67 Å². The molecule has 0 fully saturated rings. The molecular weight excluding hydrogens is 251 g/mol. The summed E-state index contributed by atoms with van der Waals surface area (Å²) in [5.41, 5.74) is 4.82. The summed E-state index contributed by atoms with van der Waals surface area (Å²) in [7, 11) is 0. The Morgan fingerprint density at radius 3 is 2.73 bits per heavy atom. The van der Waals surface area contributed by atoms with Gasteiger partial charge in [-0.2, -0.15) is 0 Å². The first kappa shape index (κ1) is 13.0. The van der Waals surface area contributed by atoms with Crippen molar-refractivity contribution in [2.24, 2.45) is 5.84 Å². The monoisotopic (exact) mass is 264 g/mol. The third-order valence-electron chi connectivity index (χ3n) is 2.25. The number of thiophene rings is 1. The van der Waals surface area contributed by atoms with Gasteiger partial charge in [0.2, 0.25) is 0 Å². The second-order valence-corrected chi connectivity index (χ2v) is 5.59. The first-order valence-electron chi connectivity index (χ1n) is 4.66. The molecule has 0 aliphatic carbocycles. The van der Waals surface area contributed by atoms with Gasteiger partial charge >= 0.3 is 0 Å². The third-order valence-corrected chi connectivity index (χ3v) is 3.77. The van der Waals surface area contributed by atoms with Crippen molar-refractivity contribution < 1.29 is 0 Å². The van der Waals surface area contributed by atoms with Crippen LogP contribution < -0.4 is 11.3 Å². The number of hydrogen-bond acceptors (Lipinski definition) is 3. The second kappa shape index (κ2) is 5.87. The molecule has 0 aliphatic heterocycles. The zero-order chi connectivity index (χ0) is 11.4. The quantitative estimate of drug-likeness (QED) is 0.481. The van der Waals surface area contributed by atoms with Gasteiger partial charge in [0.05, 0.1) is 14.7 Å². The Morgan fingerprint density at radius 2 is 2.33 bits per heavy atom. The maximum absolute atomic E-state index is 6.05. The Balaban J connectivity index is 2.82. The zero-order valence-electron chi connectivity index (χ0n) is 8.52. The van der Waals surface area contributed by atoms with Crippen molar-refractivity contribution >= 4 is 34.5 Å². The molecule has 1 heterocycles. The van der Waals surface area contributed by atoms with E-state index in [-0.39, 0.29) is 6.04 Å². The molecule has 1 unspecified atom stereocenters. The summed E-state index contributed by atoms with van der Waals surface area (Å²) in [5.74, 6) is 5.50. The normalized spacial score (nSPS) is 12.8. The lowest BCUT2D eigenvalue weighted by Gasteiger charge is -2.16. The predicted octanol–water partition coefficient (Wildman–Crippen LogP) is 3.92. The van der Waals surface area contributed by atoms with Crippen molar-refractivity contribution in [3.8, 4) is 0 Å². The maximum Gasteiger partial charge on any atom is 0.0992 e. The van der Waals surface area contributed by atoms with Crippen LogP contribution in [-0.4, -0.2) is 0 Å². The van der Waals surface area contributed by atoms with E-state index < -0.39 is 0 Å². The third kappa shape index (κ3) is 3.47. The zero-order valence-corrected chi connectivity index (χ0v) is 10.8. The number of nitrogens with two attached hydrogens (primary N) is 1. The van der Waals surface area contributed by atoms with Gasteiger partial charge in [0.15, 0.2) is 0 Å². The van der Waals surface area contributed by atoms with Gasteiger partial charge < -0.3 is 0 Å². The number of hydrogen-bond donors (Lipinski definition) is 2. The molecule has 3 N–H and O–H groups in total. The van der Waals surface area contributed by atoms with E-state index in [0.29, 0.717) is 8.67 Å². The van der Waals surface area contributed by atoms with E-state index in [1.807, 2.05) is 6.07 Å². The molecule has 1 aromatic heterocycles. The Kier molecular flexibility index (Phi) is 5.09. The number of hydrazine groups is 1. The molecule has 0 bridgehead atoms. The minimum absolute atomic E-state index is 0.00583. The van der Waals surface area contributed by atoms with Crippen LogP contribution in [0.1, 0.15) is 31.4 Å². The summed E-state index contributed by atoms with van der Waals surface area (Å²) in [6, 6.07) is 1.84. The molecule has 0 amide bonds. The lowest BCUT2D eigenvalue weighted by molar-refractivity contribution is 0.546. The molecular formula is C10H14Cl2N2S. The van der Waals surface area contributed by atoms with Crippen LogP contribution in [0.15, 0.2) is 18.2 Å². The topological polar surface area (TPSA) is 38.0 Å². The molecule has 5 heteroatoms. The van der Waals surface area contributed by atoms with E-state index in [1.54, 1.807) is 0 Å². The summed E-state index contributed by atoms with van der Waals surface area (Å²) >= 11 is 13.3. The van der Waals surface area contributed by atoms with E-state index in [4.69, 9.17) is 29.0 Å². The lowest BCUT2D eigenvalue weighted by atomic mass is 10.0. The van der Waals surface area contributed by atoms with E-state index in [0.717, 1.165) is 24.0 Å². The maximum atomic E-state index is 6.05. The molecule has 1 aromatic rings. The largest absolute Gasteiger partial charge is 0.271 e. The SMILES string of the molecule is C=C(CC)CC(NN)c1cc(Cl)sc1Cl. The number of halogens is 2. The van der Waals surface area contributed by atoms with Gasteiger partial charge in [-0.05, 0) is 18.9 Å². The highest BCUT2D eigenvalue weighted by atomic mass is 35.5. The molecule has 15 heavy (non-hydrogen) atoms. The molecule has 1 rings (SSSR count). The van der Waals surface area contributed by atoms with Gasteiger partial charge in [0.1, 0.15) is 0 Å². The second-order valence-electron chi connectivity index (χ2n) is 3.31. The highest BCUT2D eigenvalue weighted by molar-refractivity contribution is 7.20. The molecule has 0 saturated carbocycles. The highest BCUT2D eigenvalue weighted by Gasteiger charge is 2.16. The first-order valence-corrected chi connectivity index (χ1v) is 6.23. The van der Waals surface area contributed by atoms with Crippen molar-refractivity contribution in [1.29, 1.82) is 0 Å². The van der Waals surface area contributed by atoms with E-state index in [2.05, 4.69) is 18.9 Å². The average molecular weight is 265 g/mol. The Labute approximate surface area is 104 Å². The van der Waals surface area contributed by atoms with Crippen molar-refractivity contribution in [3.63, 3.8) is 0 Å². The Morgan fingerprint density at radius 1 is 1.67 bits per heavy atom. The smallest absolute Gasteiger partial charge is 0.0992 e. The van der Waals surface area contributed by atoms with Crippen LogP contribution in [0.4, 0.5) is 0 Å². The number of nitrogens with one attached hydrogen (secondary N) is 1. The summed E-state index contributed by atoms with van der Waals surface area (Å²) < 4.78 is 1.37. The first-order chi connectivity index (χ1) is 7.08. The van der Waals surface area contributed by atoms with Crippen LogP contribution in [0, 0.1) is 0 Å². The van der Waals surface area contributed by atoms with E-state index >= 15 is 0 Å². The summed E-state index contributed by atoms with van der Waals surface area (Å²) in [6.07, 6.45) is 1.72. The van der Waals surface area contributed by atoms with Crippen LogP contribution in [0.3, 0.4) is 0 Å². The molecule has 0 saturated heterocycles. The minimum Gasteiger partial charge on any atom is -0.271 e. The molecule has 0 aliphatic rings. The van der Waals surface area contributed by atoms with E-state index in [1.165, 1.54) is 11.3 Å². The van der Waals surface area contributed by atoms with Crippen LogP contribution >= 0.6 is 34.5 Å². The number of rotatable bonds is 5. The fourth-order valence-corrected chi connectivity index (χ4v) is 2.86. The van der Waals surface area contributed by atoms with Gasteiger partial charge in [-0.25, -0.2) is 0 Å². The summed E-state index contributed by atoms with van der Waals surface area (Å²) in [4.78, 5) is 0. The van der Waals surface area contributed by atoms with Crippen molar-refractivity contribution in [3.05, 3.63) is 32.5 Å². The van der Waals surface area contributed by atoms with Gasteiger partial charge in [-0.3, -0.25) is 11.3 Å². The van der Waals surface area contributed by atoms with Crippen LogP contribution in [0.5, 0.6) is 0 Å². The van der Waals surface area contributed by atoms with E-state index in [9.17, 15) is 0 Å². The molecule has 0 spiro atoms. The van der Waals surface area contributed by atoms with Crippen molar-refractivity contribution in [2.75, 3.05) is 0 Å². The molecule has 0 radical (unpaired) electrons. The molecule has 1 atom stereocenters. The molecule has 2 nitrogen and oxygen atoms in total. The van der Waals surface area contributed by atoms with Gasteiger partial charge in [0, 0.05) is 5.56 Å². The van der Waals surface area contributed by atoms with Gasteiger partial charge in [-0.1, -0.05) is 42.3 Å². The van der Waals surface area contributed by atoms with Crippen LogP contribution in [-0.2, 0) is 0 Å². The molecule has 0 aromatic carbocycles. The summed E-state index contributed by atoms with van der Waals surface area (Å²) in [5, 5.41) is 0. The summed E-state index contributed by atoms with van der Waals surface area (Å²) in [6.45, 7) is 6.02. The van der Waals surface area contributed by atoms with Crippen molar-refractivity contribution in [1.82, 2.24) is 5.43 Å². The van der Waals surface area contributed by atoms with Gasteiger partial charge in [-0.15, -0.1) is 11.3 Å². The fraction of sp³-hybridized carbons (Fsp3) is 0.400. The van der Waals surface area contributed by atoms with Crippen LogP contribution in [0.25, 0.3) is 0 Å². The standard InChI is InChI=1S/C10H14Cl2N2S/c1-3-6(2)4-8(14-13)7-5-9(11)15-10(7)12/h5,8,14H,2-4,13H2,1H3. The van der Waals surface area contributed by atoms with Gasteiger partial charge in [0.25, 0.3) is 0 Å². The fourth-order valence-electron chi connectivity index (χ4n) is 1.28. The lowest BCUT2D eigenvalue weighted by Crippen LogP contribution is -2.28. The van der Waals surface area contributed by atoms with Crippen molar-refractivity contribution in [2.45, 2.75) is 25.8 Å². The average Bonchev–Trinajstić information content (AvgIpc) is 2.54. The Hall–Kier alpha value is -0.0600. The molecule has 84 valence electrons.